The number of nitrogens with one attached hydrogen (secondary N) is 1. The monoisotopic (exact) mass is 367 g/mol. The van der Waals surface area contributed by atoms with Gasteiger partial charge in [0.15, 0.2) is 0 Å². The summed E-state index contributed by atoms with van der Waals surface area (Å²) < 4.78 is 41.8. The van der Waals surface area contributed by atoms with Crippen molar-refractivity contribution in [2.45, 2.75) is 23.8 Å². The number of carbonyl (C=O) groups is 1. The maximum absolute atomic E-state index is 12.1. The van der Waals surface area contributed by atoms with Gasteiger partial charge >= 0.3 is 5.51 Å². The number of amides is 1. The van der Waals surface area contributed by atoms with E-state index in [2.05, 4.69) is 5.32 Å². The number of ether oxygens (including phenoxy) is 1. The molecule has 1 N–H and O–H groups in total. The van der Waals surface area contributed by atoms with E-state index in [1.807, 2.05) is 18.2 Å². The SMILES string of the molecule is O=C(CSC(F)(F)F)NCC1(c2cccc(Cl)c2)CCOCC1. The molecule has 1 saturated heterocycles. The van der Waals surface area contributed by atoms with Crippen molar-refractivity contribution in [1.29, 1.82) is 0 Å². The van der Waals surface area contributed by atoms with E-state index in [0.717, 1.165) is 5.56 Å². The highest BCUT2D eigenvalue weighted by atomic mass is 35.5. The minimum Gasteiger partial charge on any atom is -0.381 e. The Morgan fingerprint density at radius 3 is 2.65 bits per heavy atom. The first-order valence-corrected chi connectivity index (χ1v) is 8.48. The molecule has 1 aromatic rings. The number of benzene rings is 1. The van der Waals surface area contributed by atoms with Crippen molar-refractivity contribution in [2.75, 3.05) is 25.5 Å². The van der Waals surface area contributed by atoms with Crippen molar-refractivity contribution in [2.24, 2.45) is 0 Å². The summed E-state index contributed by atoms with van der Waals surface area (Å²) >= 11 is 5.71. The van der Waals surface area contributed by atoms with Crippen molar-refractivity contribution in [3.8, 4) is 0 Å². The highest BCUT2D eigenvalue weighted by molar-refractivity contribution is 8.00. The van der Waals surface area contributed by atoms with Gasteiger partial charge in [-0.15, -0.1) is 0 Å². The number of carbonyl (C=O) groups excluding carboxylic acids is 1. The third kappa shape index (κ3) is 5.58. The number of halogens is 4. The largest absolute Gasteiger partial charge is 0.442 e. The van der Waals surface area contributed by atoms with Crippen LogP contribution in [0.4, 0.5) is 13.2 Å². The zero-order valence-electron chi connectivity index (χ0n) is 12.3. The second-order valence-electron chi connectivity index (χ2n) is 5.41. The molecule has 3 nitrogen and oxygen atoms in total. The highest BCUT2D eigenvalue weighted by Crippen LogP contribution is 2.35. The first kappa shape index (κ1) is 18.4. The molecule has 0 bridgehead atoms. The van der Waals surface area contributed by atoms with Crippen LogP contribution < -0.4 is 5.32 Å². The topological polar surface area (TPSA) is 38.3 Å². The smallest absolute Gasteiger partial charge is 0.381 e. The lowest BCUT2D eigenvalue weighted by Crippen LogP contribution is -2.45. The van der Waals surface area contributed by atoms with E-state index in [-0.39, 0.29) is 23.7 Å². The van der Waals surface area contributed by atoms with Crippen molar-refractivity contribution >= 4 is 29.3 Å². The van der Waals surface area contributed by atoms with Gasteiger partial charge in [0.1, 0.15) is 0 Å². The molecule has 0 saturated carbocycles. The molecular weight excluding hydrogens is 351 g/mol. The number of rotatable bonds is 5. The number of alkyl halides is 3. The van der Waals surface area contributed by atoms with Gasteiger partial charge in [0.05, 0.1) is 5.75 Å². The van der Waals surface area contributed by atoms with Gasteiger partial charge in [-0.2, -0.15) is 13.2 Å². The summed E-state index contributed by atoms with van der Waals surface area (Å²) in [5.74, 6) is -1.26. The number of hydrogen-bond donors (Lipinski definition) is 1. The third-order valence-corrected chi connectivity index (χ3v) is 4.85. The lowest BCUT2D eigenvalue weighted by atomic mass is 9.74. The van der Waals surface area contributed by atoms with E-state index < -0.39 is 17.2 Å². The van der Waals surface area contributed by atoms with Crippen LogP contribution in [-0.4, -0.2) is 36.9 Å². The summed E-state index contributed by atoms with van der Waals surface area (Å²) in [6, 6.07) is 7.35. The molecule has 0 aromatic heterocycles. The van der Waals surface area contributed by atoms with Crippen molar-refractivity contribution < 1.29 is 22.7 Å². The lowest BCUT2D eigenvalue weighted by molar-refractivity contribution is -0.119. The van der Waals surface area contributed by atoms with Crippen LogP contribution in [0.5, 0.6) is 0 Å². The molecule has 23 heavy (non-hydrogen) atoms. The third-order valence-electron chi connectivity index (χ3n) is 3.88. The van der Waals surface area contributed by atoms with Crippen molar-refractivity contribution in [3.05, 3.63) is 34.9 Å². The summed E-state index contributed by atoms with van der Waals surface area (Å²) in [7, 11) is 0. The average Bonchev–Trinajstić information content (AvgIpc) is 2.51. The van der Waals surface area contributed by atoms with E-state index in [1.54, 1.807) is 6.07 Å². The Hall–Kier alpha value is -0.920. The van der Waals surface area contributed by atoms with Crippen LogP contribution in [0, 0.1) is 0 Å². The number of thioether (sulfide) groups is 1. The summed E-state index contributed by atoms with van der Waals surface area (Å²) in [6.45, 7) is 1.35. The van der Waals surface area contributed by atoms with Crippen molar-refractivity contribution in [1.82, 2.24) is 5.32 Å². The molecule has 1 fully saturated rings. The van der Waals surface area contributed by atoms with Gasteiger partial charge < -0.3 is 10.1 Å². The summed E-state index contributed by atoms with van der Waals surface area (Å²) in [5, 5.41) is 3.22. The molecule has 128 valence electrons. The molecule has 0 radical (unpaired) electrons. The first-order valence-electron chi connectivity index (χ1n) is 7.12. The summed E-state index contributed by atoms with van der Waals surface area (Å²) in [6.07, 6.45) is 1.36. The molecule has 1 aliphatic heterocycles. The fourth-order valence-corrected chi connectivity index (χ4v) is 3.20. The van der Waals surface area contributed by atoms with Gasteiger partial charge in [-0.05, 0) is 42.3 Å². The molecule has 0 aliphatic carbocycles. The minimum atomic E-state index is -4.40. The Bertz CT molecular complexity index is 548. The molecule has 1 amide bonds. The second-order valence-corrected chi connectivity index (χ2v) is 6.89. The Balaban J connectivity index is 2.03. The fourth-order valence-electron chi connectivity index (χ4n) is 2.61. The zero-order chi connectivity index (χ0) is 16.9. The van der Waals surface area contributed by atoms with Gasteiger partial charge in [0, 0.05) is 30.2 Å². The van der Waals surface area contributed by atoms with E-state index in [4.69, 9.17) is 16.3 Å². The highest BCUT2D eigenvalue weighted by Gasteiger charge is 2.35. The van der Waals surface area contributed by atoms with Gasteiger partial charge in [0.25, 0.3) is 0 Å². The summed E-state index contributed by atoms with van der Waals surface area (Å²) in [4.78, 5) is 11.7. The van der Waals surface area contributed by atoms with Crippen LogP contribution in [0.15, 0.2) is 24.3 Å². The van der Waals surface area contributed by atoms with Gasteiger partial charge in [-0.1, -0.05) is 23.7 Å². The van der Waals surface area contributed by atoms with Crippen LogP contribution in [0.2, 0.25) is 5.02 Å². The molecule has 0 unspecified atom stereocenters. The molecule has 1 aromatic carbocycles. The first-order chi connectivity index (χ1) is 10.8. The Morgan fingerprint density at radius 1 is 1.35 bits per heavy atom. The van der Waals surface area contributed by atoms with Crippen LogP contribution in [0.1, 0.15) is 18.4 Å². The van der Waals surface area contributed by atoms with E-state index in [9.17, 15) is 18.0 Å². The van der Waals surface area contributed by atoms with E-state index in [0.29, 0.717) is 31.1 Å². The molecule has 0 spiro atoms. The summed E-state index contributed by atoms with van der Waals surface area (Å²) in [5.41, 5.74) is -3.79. The minimum absolute atomic E-state index is 0.272. The van der Waals surface area contributed by atoms with E-state index >= 15 is 0 Å². The molecule has 0 atom stereocenters. The molecule has 2 rings (SSSR count). The van der Waals surface area contributed by atoms with Gasteiger partial charge in [0.2, 0.25) is 5.91 Å². The van der Waals surface area contributed by atoms with Gasteiger partial charge in [-0.25, -0.2) is 0 Å². The Kier molecular flexibility index (Phi) is 6.22. The molecule has 1 heterocycles. The Labute approximate surface area is 141 Å². The predicted molar refractivity (Wildman–Crippen MR) is 84.7 cm³/mol. The van der Waals surface area contributed by atoms with Crippen LogP contribution >= 0.6 is 23.4 Å². The lowest BCUT2D eigenvalue weighted by Gasteiger charge is -2.38. The maximum Gasteiger partial charge on any atom is 0.442 e. The molecule has 8 heteroatoms. The van der Waals surface area contributed by atoms with Gasteiger partial charge in [-0.3, -0.25) is 4.79 Å². The van der Waals surface area contributed by atoms with Crippen LogP contribution in [0.25, 0.3) is 0 Å². The predicted octanol–water partition coefficient (Wildman–Crippen LogP) is 3.76. The van der Waals surface area contributed by atoms with Crippen LogP contribution in [0.3, 0.4) is 0 Å². The normalized spacial score (nSPS) is 17.7. The maximum atomic E-state index is 12.1. The Morgan fingerprint density at radius 2 is 2.04 bits per heavy atom. The molecular formula is C15H17ClF3NO2S. The van der Waals surface area contributed by atoms with Crippen molar-refractivity contribution in [3.63, 3.8) is 0 Å². The van der Waals surface area contributed by atoms with Crippen LogP contribution in [-0.2, 0) is 14.9 Å². The van der Waals surface area contributed by atoms with E-state index in [1.165, 1.54) is 0 Å². The number of hydrogen-bond acceptors (Lipinski definition) is 3. The zero-order valence-corrected chi connectivity index (χ0v) is 13.9. The average molecular weight is 368 g/mol. The molecule has 1 aliphatic rings. The fraction of sp³-hybridized carbons (Fsp3) is 0.533. The quantitative estimate of drug-likeness (QED) is 0.861. The standard InChI is InChI=1S/C15H17ClF3NO2S/c16-12-3-1-2-11(8-12)14(4-6-22-7-5-14)10-20-13(21)9-23-15(17,18)19/h1-3,8H,4-7,9-10H2,(H,20,21). The second kappa shape index (κ2) is 7.77.